The zero-order valence-corrected chi connectivity index (χ0v) is 20.7. The number of benzene rings is 2. The summed E-state index contributed by atoms with van der Waals surface area (Å²) in [6, 6.07) is 13.0. The number of aryl methyl sites for hydroxylation is 1. The molecule has 5 heteroatoms. The SMILES string of the molecule is COCCOc1cc(Br)cc(CC2CCN(CCc3ccc4c(c3)C(=O)CCC4)CC2)c1. The number of hydrogen-bond donors (Lipinski definition) is 0. The molecule has 0 amide bonds. The molecule has 1 fully saturated rings. The number of fused-ring (bicyclic) bond motifs is 1. The van der Waals surface area contributed by atoms with Crippen molar-refractivity contribution in [2.75, 3.05) is 40.0 Å². The fourth-order valence-electron chi connectivity index (χ4n) is 4.93. The van der Waals surface area contributed by atoms with Gasteiger partial charge in [-0.25, -0.2) is 0 Å². The number of ether oxygens (including phenoxy) is 2. The fraction of sp³-hybridized carbons (Fsp3) is 0.519. The first-order chi connectivity index (χ1) is 15.6. The van der Waals surface area contributed by atoms with Gasteiger partial charge < -0.3 is 14.4 Å². The maximum atomic E-state index is 12.2. The highest BCUT2D eigenvalue weighted by atomic mass is 79.9. The first kappa shape index (κ1) is 23.5. The molecule has 2 aromatic carbocycles. The van der Waals surface area contributed by atoms with Gasteiger partial charge in [0.25, 0.3) is 0 Å². The second-order valence-electron chi connectivity index (χ2n) is 9.14. The lowest BCUT2D eigenvalue weighted by Crippen LogP contribution is -2.35. The van der Waals surface area contributed by atoms with Crippen molar-refractivity contribution in [2.24, 2.45) is 5.92 Å². The molecular weight excluding hydrogens is 466 g/mol. The van der Waals surface area contributed by atoms with Crippen LogP contribution in [-0.4, -0.2) is 50.6 Å². The van der Waals surface area contributed by atoms with E-state index in [1.807, 2.05) is 6.07 Å². The number of methoxy groups -OCH3 is 1. The number of carbonyl (C=O) groups excluding carboxylic acids is 1. The first-order valence-electron chi connectivity index (χ1n) is 11.9. The zero-order valence-electron chi connectivity index (χ0n) is 19.1. The van der Waals surface area contributed by atoms with Gasteiger partial charge in [-0.2, -0.15) is 0 Å². The van der Waals surface area contributed by atoms with Crippen molar-refractivity contribution in [3.8, 4) is 5.75 Å². The number of nitrogens with zero attached hydrogens (tertiary/aromatic N) is 1. The molecule has 0 spiro atoms. The Morgan fingerprint density at radius 2 is 1.88 bits per heavy atom. The Morgan fingerprint density at radius 1 is 1.03 bits per heavy atom. The summed E-state index contributed by atoms with van der Waals surface area (Å²) >= 11 is 3.63. The van der Waals surface area contributed by atoms with Gasteiger partial charge >= 0.3 is 0 Å². The molecule has 1 aliphatic heterocycles. The lowest BCUT2D eigenvalue weighted by Gasteiger charge is -2.32. The van der Waals surface area contributed by atoms with Crippen molar-refractivity contribution in [1.82, 2.24) is 4.90 Å². The molecule has 4 rings (SSSR count). The van der Waals surface area contributed by atoms with Crippen LogP contribution >= 0.6 is 15.9 Å². The summed E-state index contributed by atoms with van der Waals surface area (Å²) in [6.45, 7) is 4.55. The molecule has 32 heavy (non-hydrogen) atoms. The van der Waals surface area contributed by atoms with Gasteiger partial charge in [-0.3, -0.25) is 4.79 Å². The monoisotopic (exact) mass is 499 g/mol. The predicted molar refractivity (Wildman–Crippen MR) is 132 cm³/mol. The molecule has 1 aliphatic carbocycles. The van der Waals surface area contributed by atoms with Crippen molar-refractivity contribution in [3.63, 3.8) is 0 Å². The summed E-state index contributed by atoms with van der Waals surface area (Å²) in [6.07, 6.45) is 7.35. The van der Waals surface area contributed by atoms with Gasteiger partial charge in [0.05, 0.1) is 6.61 Å². The van der Waals surface area contributed by atoms with Crippen LogP contribution in [-0.2, 0) is 24.0 Å². The minimum absolute atomic E-state index is 0.328. The lowest BCUT2D eigenvalue weighted by molar-refractivity contribution is 0.0972. The summed E-state index contributed by atoms with van der Waals surface area (Å²) in [5.41, 5.74) is 4.86. The molecule has 2 aromatic rings. The van der Waals surface area contributed by atoms with Crippen LogP contribution in [0, 0.1) is 5.92 Å². The third-order valence-electron chi connectivity index (χ3n) is 6.76. The summed E-state index contributed by atoms with van der Waals surface area (Å²) in [7, 11) is 1.69. The number of carbonyl (C=O) groups is 1. The fourth-order valence-corrected chi connectivity index (χ4v) is 5.45. The van der Waals surface area contributed by atoms with Gasteiger partial charge in [0.1, 0.15) is 12.4 Å². The number of piperidine rings is 1. The summed E-state index contributed by atoms with van der Waals surface area (Å²) < 4.78 is 12.0. The number of hydrogen-bond acceptors (Lipinski definition) is 4. The van der Waals surface area contributed by atoms with E-state index in [1.165, 1.54) is 29.5 Å². The van der Waals surface area contributed by atoms with Gasteiger partial charge in [-0.1, -0.05) is 28.1 Å². The van der Waals surface area contributed by atoms with E-state index in [0.29, 0.717) is 31.3 Å². The van der Waals surface area contributed by atoms with E-state index in [1.54, 1.807) is 7.11 Å². The van der Waals surface area contributed by atoms with Crippen LogP contribution in [0.3, 0.4) is 0 Å². The molecular formula is C27H34BrNO3. The van der Waals surface area contributed by atoms with Crippen molar-refractivity contribution in [3.05, 3.63) is 63.1 Å². The molecule has 1 heterocycles. The lowest BCUT2D eigenvalue weighted by atomic mass is 9.88. The van der Waals surface area contributed by atoms with Crippen LogP contribution in [0.5, 0.6) is 5.75 Å². The standard InChI is InChI=1S/C27H34BrNO3/c1-31-13-14-32-25-17-22(16-24(28)19-25)15-21-8-11-29(12-9-21)10-7-20-5-6-23-3-2-4-27(30)26(23)18-20/h5-6,16-19,21H,2-4,7-15H2,1H3. The van der Waals surface area contributed by atoms with E-state index in [2.05, 4.69) is 51.2 Å². The highest BCUT2D eigenvalue weighted by Crippen LogP contribution is 2.27. The normalized spacial score (nSPS) is 17.4. The van der Waals surface area contributed by atoms with E-state index in [-0.39, 0.29) is 0 Å². The predicted octanol–water partition coefficient (Wildman–Crippen LogP) is 5.49. The third kappa shape index (κ3) is 6.43. The van der Waals surface area contributed by atoms with Crippen molar-refractivity contribution in [2.45, 2.75) is 44.9 Å². The van der Waals surface area contributed by atoms with E-state index in [9.17, 15) is 4.79 Å². The van der Waals surface area contributed by atoms with Gasteiger partial charge in [0.15, 0.2) is 5.78 Å². The Bertz CT molecular complexity index is 921. The minimum Gasteiger partial charge on any atom is -0.491 e. The summed E-state index contributed by atoms with van der Waals surface area (Å²) in [5, 5.41) is 0. The van der Waals surface area contributed by atoms with Crippen LogP contribution in [0.2, 0.25) is 0 Å². The van der Waals surface area contributed by atoms with Gasteiger partial charge in [-0.15, -0.1) is 0 Å². The van der Waals surface area contributed by atoms with Crippen molar-refractivity contribution in [1.29, 1.82) is 0 Å². The summed E-state index contributed by atoms with van der Waals surface area (Å²) in [4.78, 5) is 14.8. The maximum Gasteiger partial charge on any atom is 0.163 e. The van der Waals surface area contributed by atoms with Crippen LogP contribution in [0.4, 0.5) is 0 Å². The molecule has 0 atom stereocenters. The quantitative estimate of drug-likeness (QED) is 0.427. The van der Waals surface area contributed by atoms with Crippen molar-refractivity contribution < 1.29 is 14.3 Å². The number of rotatable bonds is 9. The number of halogens is 1. The summed E-state index contributed by atoms with van der Waals surface area (Å²) in [5.74, 6) is 1.95. The molecule has 0 unspecified atom stereocenters. The molecule has 4 nitrogen and oxygen atoms in total. The molecule has 1 saturated heterocycles. The van der Waals surface area contributed by atoms with Gasteiger partial charge in [-0.05, 0) is 98.5 Å². The van der Waals surface area contributed by atoms with Crippen LogP contribution in [0.15, 0.2) is 40.9 Å². The molecule has 0 aromatic heterocycles. The van der Waals surface area contributed by atoms with Gasteiger partial charge in [0.2, 0.25) is 0 Å². The Kier molecular flexibility index (Phi) is 8.39. The number of Topliss-reactive ketones (excluding diaryl/α,β-unsaturated/α-hetero) is 1. The maximum absolute atomic E-state index is 12.2. The van der Waals surface area contributed by atoms with Crippen molar-refractivity contribution >= 4 is 21.7 Å². The topological polar surface area (TPSA) is 38.8 Å². The Hall–Kier alpha value is -1.69. The Morgan fingerprint density at radius 3 is 2.69 bits per heavy atom. The van der Waals surface area contributed by atoms with Crippen LogP contribution < -0.4 is 4.74 Å². The molecule has 0 N–H and O–H groups in total. The highest BCUT2D eigenvalue weighted by Gasteiger charge is 2.21. The van der Waals surface area contributed by atoms with Gasteiger partial charge in [0, 0.05) is 30.1 Å². The molecule has 172 valence electrons. The molecule has 0 radical (unpaired) electrons. The average Bonchev–Trinajstić information content (AvgIpc) is 2.79. The number of ketones is 1. The average molecular weight is 500 g/mol. The number of likely N-dealkylation sites (tertiary alicyclic amines) is 1. The molecule has 0 bridgehead atoms. The Balaban J connectivity index is 1.24. The van der Waals surface area contributed by atoms with E-state index in [0.717, 1.165) is 61.1 Å². The first-order valence-corrected chi connectivity index (χ1v) is 12.7. The molecule has 0 saturated carbocycles. The van der Waals surface area contributed by atoms with E-state index >= 15 is 0 Å². The van der Waals surface area contributed by atoms with E-state index in [4.69, 9.17) is 9.47 Å². The largest absolute Gasteiger partial charge is 0.491 e. The highest BCUT2D eigenvalue weighted by molar-refractivity contribution is 9.10. The Labute approximate surface area is 200 Å². The van der Waals surface area contributed by atoms with E-state index < -0.39 is 0 Å². The van der Waals surface area contributed by atoms with Crippen LogP contribution in [0.25, 0.3) is 0 Å². The third-order valence-corrected chi connectivity index (χ3v) is 7.22. The second kappa shape index (κ2) is 11.4. The van der Waals surface area contributed by atoms with Crippen LogP contribution in [0.1, 0.15) is 52.7 Å². The minimum atomic E-state index is 0.328. The molecule has 2 aliphatic rings. The second-order valence-corrected chi connectivity index (χ2v) is 10.1. The zero-order chi connectivity index (χ0) is 22.3. The smallest absolute Gasteiger partial charge is 0.163 e.